The fourth-order valence-corrected chi connectivity index (χ4v) is 2.92. The van der Waals surface area contributed by atoms with Crippen molar-refractivity contribution >= 4 is 34.1 Å². The second-order valence-corrected chi connectivity index (χ2v) is 6.37. The summed E-state index contributed by atoms with van der Waals surface area (Å²) < 4.78 is 10.7. The molecule has 27 heavy (non-hydrogen) atoms. The number of methoxy groups -OCH3 is 1. The van der Waals surface area contributed by atoms with Gasteiger partial charge in [-0.1, -0.05) is 22.8 Å². The van der Waals surface area contributed by atoms with Crippen LogP contribution in [0.3, 0.4) is 0 Å². The molecule has 0 radical (unpaired) electrons. The normalized spacial score (nSPS) is 10.7. The molecule has 4 aromatic rings. The molecule has 6 heteroatoms. The van der Waals surface area contributed by atoms with E-state index in [1.807, 2.05) is 24.3 Å². The molecule has 0 atom stereocenters. The van der Waals surface area contributed by atoms with Crippen LogP contribution in [0.15, 0.2) is 71.3 Å². The molecule has 0 aliphatic heterocycles. The number of carbonyl (C=O) groups excluding carboxylic acids is 1. The number of carbonyl (C=O) groups is 1. The minimum absolute atomic E-state index is 0.228. The van der Waals surface area contributed by atoms with Crippen molar-refractivity contribution in [2.24, 2.45) is 0 Å². The number of benzene rings is 3. The highest BCUT2D eigenvalue weighted by Crippen LogP contribution is 2.30. The largest absolute Gasteiger partial charge is 0.497 e. The maximum atomic E-state index is 12.7. The van der Waals surface area contributed by atoms with Crippen molar-refractivity contribution in [3.63, 3.8) is 0 Å². The predicted octanol–water partition coefficient (Wildman–Crippen LogP) is 5.41. The van der Waals surface area contributed by atoms with E-state index in [-0.39, 0.29) is 5.91 Å². The number of anilines is 1. The van der Waals surface area contributed by atoms with Crippen LogP contribution >= 0.6 is 11.6 Å². The molecule has 1 N–H and O–H groups in total. The Morgan fingerprint density at radius 3 is 2.67 bits per heavy atom. The van der Waals surface area contributed by atoms with Crippen LogP contribution in [0.25, 0.3) is 22.2 Å². The summed E-state index contributed by atoms with van der Waals surface area (Å²) in [5.41, 5.74) is 2.68. The molecule has 0 saturated heterocycles. The lowest BCUT2D eigenvalue weighted by molar-refractivity contribution is 0.102. The molecule has 134 valence electrons. The van der Waals surface area contributed by atoms with Gasteiger partial charge in [-0.25, -0.2) is 0 Å². The van der Waals surface area contributed by atoms with E-state index >= 15 is 0 Å². The number of hydrogen-bond donors (Lipinski definition) is 1. The third-order valence-electron chi connectivity index (χ3n) is 4.17. The molecule has 0 saturated carbocycles. The van der Waals surface area contributed by atoms with Crippen LogP contribution in [0, 0.1) is 0 Å². The van der Waals surface area contributed by atoms with E-state index in [1.165, 1.54) is 0 Å². The van der Waals surface area contributed by atoms with Crippen LogP contribution in [-0.2, 0) is 0 Å². The number of amides is 1. The maximum Gasteiger partial charge on any atom is 0.255 e. The van der Waals surface area contributed by atoms with Crippen molar-refractivity contribution in [3.05, 3.63) is 77.3 Å². The Kier molecular flexibility index (Phi) is 4.52. The highest BCUT2D eigenvalue weighted by atomic mass is 35.5. The summed E-state index contributed by atoms with van der Waals surface area (Å²) in [5.74, 6) is 1.04. The van der Waals surface area contributed by atoms with Crippen molar-refractivity contribution in [2.75, 3.05) is 12.4 Å². The fraction of sp³-hybridized carbons (Fsp3) is 0.0476. The first-order valence-electron chi connectivity index (χ1n) is 8.25. The number of ether oxygens (including phenoxy) is 1. The van der Waals surface area contributed by atoms with Crippen molar-refractivity contribution in [1.29, 1.82) is 0 Å². The average molecular weight is 379 g/mol. The van der Waals surface area contributed by atoms with Crippen molar-refractivity contribution in [3.8, 4) is 17.1 Å². The average Bonchev–Trinajstić information content (AvgIpc) is 3.12. The molecule has 0 aliphatic carbocycles. The van der Waals surface area contributed by atoms with Crippen molar-refractivity contribution < 1.29 is 14.1 Å². The molecule has 1 amide bonds. The zero-order chi connectivity index (χ0) is 18.8. The van der Waals surface area contributed by atoms with Crippen LogP contribution in [0.5, 0.6) is 5.75 Å². The second kappa shape index (κ2) is 7.13. The predicted molar refractivity (Wildman–Crippen MR) is 105 cm³/mol. The molecule has 0 aliphatic rings. The first kappa shape index (κ1) is 17.1. The number of nitrogens with zero attached hydrogens (tertiary/aromatic N) is 1. The number of nitrogens with one attached hydrogen (secondary N) is 1. The molecule has 1 aromatic heterocycles. The Morgan fingerprint density at radius 2 is 1.89 bits per heavy atom. The lowest BCUT2D eigenvalue weighted by Gasteiger charge is -2.07. The van der Waals surface area contributed by atoms with E-state index in [0.717, 1.165) is 10.9 Å². The zero-order valence-electron chi connectivity index (χ0n) is 14.4. The number of aromatic nitrogens is 1. The van der Waals surface area contributed by atoms with Gasteiger partial charge in [-0.2, -0.15) is 0 Å². The highest BCUT2D eigenvalue weighted by Gasteiger charge is 2.14. The standard InChI is InChI=1S/C21H15ClN2O3/c1-26-17-4-2-3-16(12-17)23-21(25)14-7-10-19-18(11-14)20(27-24-19)13-5-8-15(22)9-6-13/h2-12H,1H3,(H,23,25). The molecule has 0 fully saturated rings. The fourth-order valence-electron chi connectivity index (χ4n) is 2.80. The first-order valence-corrected chi connectivity index (χ1v) is 8.62. The number of rotatable bonds is 4. The van der Waals surface area contributed by atoms with E-state index in [9.17, 15) is 4.79 Å². The van der Waals surface area contributed by atoms with Crippen LogP contribution in [0.4, 0.5) is 5.69 Å². The van der Waals surface area contributed by atoms with Crippen LogP contribution in [-0.4, -0.2) is 18.2 Å². The molecule has 3 aromatic carbocycles. The summed E-state index contributed by atoms with van der Waals surface area (Å²) in [6.45, 7) is 0. The topological polar surface area (TPSA) is 64.4 Å². The third kappa shape index (κ3) is 3.50. The van der Waals surface area contributed by atoms with Gasteiger partial charge in [-0.15, -0.1) is 0 Å². The Bertz CT molecular complexity index is 1120. The van der Waals surface area contributed by atoms with Crippen molar-refractivity contribution in [1.82, 2.24) is 5.16 Å². The lowest BCUT2D eigenvalue weighted by atomic mass is 10.1. The summed E-state index contributed by atoms with van der Waals surface area (Å²) in [6, 6.07) is 19.7. The smallest absolute Gasteiger partial charge is 0.255 e. The highest BCUT2D eigenvalue weighted by molar-refractivity contribution is 6.30. The van der Waals surface area contributed by atoms with E-state index in [2.05, 4.69) is 10.5 Å². The van der Waals surface area contributed by atoms with Gasteiger partial charge in [0.2, 0.25) is 0 Å². The molecule has 5 nitrogen and oxygen atoms in total. The Morgan fingerprint density at radius 1 is 1.07 bits per heavy atom. The van der Waals surface area contributed by atoms with Crippen LogP contribution in [0.1, 0.15) is 10.4 Å². The second-order valence-electron chi connectivity index (χ2n) is 5.94. The number of hydrogen-bond acceptors (Lipinski definition) is 4. The van der Waals surface area contributed by atoms with Gasteiger partial charge in [0, 0.05) is 27.9 Å². The number of halogens is 1. The summed E-state index contributed by atoms with van der Waals surface area (Å²) in [5, 5.41) is 8.34. The van der Waals surface area contributed by atoms with E-state index < -0.39 is 0 Å². The summed E-state index contributed by atoms with van der Waals surface area (Å²) in [7, 11) is 1.58. The Hall–Kier alpha value is -3.31. The van der Waals surface area contributed by atoms with E-state index in [1.54, 1.807) is 49.6 Å². The van der Waals surface area contributed by atoms with Gasteiger partial charge in [0.1, 0.15) is 11.3 Å². The van der Waals surface area contributed by atoms with Gasteiger partial charge in [0.05, 0.1) is 12.5 Å². The minimum atomic E-state index is -0.228. The molecule has 0 bridgehead atoms. The minimum Gasteiger partial charge on any atom is -0.497 e. The maximum absolute atomic E-state index is 12.7. The SMILES string of the molecule is COc1cccc(NC(=O)c2ccc3noc(-c4ccc(Cl)cc4)c3c2)c1. The Balaban J connectivity index is 1.67. The van der Waals surface area contributed by atoms with Gasteiger partial charge in [0.15, 0.2) is 5.76 Å². The number of fused-ring (bicyclic) bond motifs is 1. The molecule has 0 spiro atoms. The quantitative estimate of drug-likeness (QED) is 0.515. The molecular weight excluding hydrogens is 364 g/mol. The zero-order valence-corrected chi connectivity index (χ0v) is 15.2. The molecule has 1 heterocycles. The van der Waals surface area contributed by atoms with Gasteiger partial charge < -0.3 is 14.6 Å². The van der Waals surface area contributed by atoms with Gasteiger partial charge in [0.25, 0.3) is 5.91 Å². The lowest BCUT2D eigenvalue weighted by Crippen LogP contribution is -2.11. The van der Waals surface area contributed by atoms with Gasteiger partial charge >= 0.3 is 0 Å². The summed E-state index contributed by atoms with van der Waals surface area (Å²) in [4.78, 5) is 12.7. The van der Waals surface area contributed by atoms with Crippen LogP contribution in [0.2, 0.25) is 5.02 Å². The van der Waals surface area contributed by atoms with Crippen molar-refractivity contribution in [2.45, 2.75) is 0 Å². The third-order valence-corrected chi connectivity index (χ3v) is 4.42. The van der Waals surface area contributed by atoms with E-state index in [4.69, 9.17) is 20.9 Å². The van der Waals surface area contributed by atoms with Crippen LogP contribution < -0.4 is 10.1 Å². The molecule has 4 rings (SSSR count). The van der Waals surface area contributed by atoms with Gasteiger partial charge in [-0.3, -0.25) is 4.79 Å². The first-order chi connectivity index (χ1) is 13.1. The monoisotopic (exact) mass is 378 g/mol. The molecular formula is C21H15ClN2O3. The van der Waals surface area contributed by atoms with Gasteiger partial charge in [-0.05, 0) is 54.6 Å². The molecule has 0 unspecified atom stereocenters. The summed E-state index contributed by atoms with van der Waals surface area (Å²) >= 11 is 5.95. The van der Waals surface area contributed by atoms with E-state index in [0.29, 0.717) is 33.3 Å². The Labute approximate surface area is 160 Å². The summed E-state index contributed by atoms with van der Waals surface area (Å²) in [6.07, 6.45) is 0.